The van der Waals surface area contributed by atoms with Gasteiger partial charge in [-0.3, -0.25) is 29.4 Å². The molecule has 6 rings (SSSR count). The van der Waals surface area contributed by atoms with Crippen molar-refractivity contribution in [3.8, 4) is 5.75 Å². The van der Waals surface area contributed by atoms with Gasteiger partial charge in [0.2, 0.25) is 11.8 Å². The smallest absolute Gasteiger partial charge is 0.311 e. The second-order valence-electron chi connectivity index (χ2n) is 9.82. The Bertz CT molecular complexity index is 1360. The van der Waals surface area contributed by atoms with Crippen LogP contribution in [0.4, 0.5) is 17.1 Å². The summed E-state index contributed by atoms with van der Waals surface area (Å²) in [7, 11) is 1.31. The fourth-order valence-electron chi connectivity index (χ4n) is 7.10. The van der Waals surface area contributed by atoms with Crippen molar-refractivity contribution in [3.63, 3.8) is 0 Å². The third kappa shape index (κ3) is 2.52. The molecule has 3 amide bonds. The highest BCUT2D eigenvalue weighted by atomic mass is 16.6. The molecular weight excluding hydrogens is 464 g/mol. The summed E-state index contributed by atoms with van der Waals surface area (Å²) in [5.41, 5.74) is 0.747. The molecule has 0 radical (unpaired) electrons. The molecule has 1 spiro atoms. The van der Waals surface area contributed by atoms with Gasteiger partial charge in [-0.1, -0.05) is 18.2 Å². The third-order valence-electron chi connectivity index (χ3n) is 8.40. The first kappa shape index (κ1) is 22.7. The number of ether oxygens (including phenoxy) is 1. The van der Waals surface area contributed by atoms with Crippen LogP contribution in [0.5, 0.6) is 5.75 Å². The zero-order valence-corrected chi connectivity index (χ0v) is 20.3. The van der Waals surface area contributed by atoms with E-state index in [2.05, 4.69) is 4.90 Å². The van der Waals surface area contributed by atoms with E-state index in [0.29, 0.717) is 18.7 Å². The number of imide groups is 1. The molecule has 0 unspecified atom stereocenters. The number of para-hydroxylation sites is 1. The number of carbonyl (C=O) groups excluding carboxylic acids is 3. The Morgan fingerprint density at radius 3 is 2.58 bits per heavy atom. The average Bonchev–Trinajstić information content (AvgIpc) is 3.56. The summed E-state index contributed by atoms with van der Waals surface area (Å²) in [6.07, 6.45) is 1.56. The van der Waals surface area contributed by atoms with Gasteiger partial charge in [0.15, 0.2) is 5.75 Å². The number of aryl methyl sites for hydroxylation is 1. The van der Waals surface area contributed by atoms with Crippen molar-refractivity contribution in [3.05, 3.63) is 57.6 Å². The normalized spacial score (nSPS) is 28.8. The van der Waals surface area contributed by atoms with Gasteiger partial charge in [0.05, 0.1) is 29.6 Å². The van der Waals surface area contributed by atoms with E-state index in [4.69, 9.17) is 4.74 Å². The Kier molecular flexibility index (Phi) is 4.79. The minimum atomic E-state index is -1.24. The first-order valence-corrected chi connectivity index (χ1v) is 12.2. The highest BCUT2D eigenvalue weighted by Gasteiger charge is 2.75. The predicted octanol–water partition coefficient (Wildman–Crippen LogP) is 2.76. The highest BCUT2D eigenvalue weighted by Crippen LogP contribution is 2.62. The lowest BCUT2D eigenvalue weighted by Gasteiger charge is -2.37. The number of likely N-dealkylation sites (N-methyl/N-ethyl adjacent to an activating group) is 1. The largest absolute Gasteiger partial charge is 0.490 e. The van der Waals surface area contributed by atoms with Crippen molar-refractivity contribution in [1.82, 2.24) is 4.90 Å². The number of benzene rings is 2. The quantitative estimate of drug-likeness (QED) is 0.368. The molecule has 3 saturated heterocycles. The first-order chi connectivity index (χ1) is 17.3. The van der Waals surface area contributed by atoms with E-state index >= 15 is 0 Å². The molecule has 4 aliphatic heterocycles. The van der Waals surface area contributed by atoms with Gasteiger partial charge >= 0.3 is 5.69 Å². The SMILES string of the molecule is CCN1C(=O)[C@]2(c3ccccc31)[C@@H]1C(=O)N(c3cc(OC)c([N+](=O)[O-])cc3C)C(=O)[C@H]1[C@H]1CCCN12. The standard InChI is InChI=1S/C26H26N4O6/c1-4-27-16-9-6-5-8-15(16)26(25(27)33)22-21(17-10-7-11-28(17)26)23(31)29(24(22)32)18-13-20(36-3)19(30(34)35)12-14(18)2/h5-6,8-9,12-13,17,21-22H,4,7,10-11H2,1-3H3/t17-,21+,22+,26+/m1/s1. The number of nitro groups is 1. The first-order valence-electron chi connectivity index (χ1n) is 12.2. The van der Waals surface area contributed by atoms with Crippen molar-refractivity contribution in [2.24, 2.45) is 11.8 Å². The van der Waals surface area contributed by atoms with Gasteiger partial charge in [-0.25, -0.2) is 4.90 Å². The summed E-state index contributed by atoms with van der Waals surface area (Å²) in [4.78, 5) is 58.3. The Morgan fingerprint density at radius 1 is 1.14 bits per heavy atom. The van der Waals surface area contributed by atoms with Gasteiger partial charge in [0.1, 0.15) is 5.54 Å². The number of amides is 3. The third-order valence-corrected chi connectivity index (χ3v) is 8.40. The van der Waals surface area contributed by atoms with Crippen LogP contribution in [0.15, 0.2) is 36.4 Å². The predicted molar refractivity (Wildman–Crippen MR) is 130 cm³/mol. The molecule has 4 aliphatic rings. The lowest BCUT2D eigenvalue weighted by Crippen LogP contribution is -2.56. The van der Waals surface area contributed by atoms with E-state index in [1.807, 2.05) is 31.2 Å². The van der Waals surface area contributed by atoms with Crippen LogP contribution in [0.25, 0.3) is 0 Å². The number of nitrogens with zero attached hydrogens (tertiary/aromatic N) is 4. The van der Waals surface area contributed by atoms with Crippen LogP contribution in [0.2, 0.25) is 0 Å². The molecule has 0 aromatic heterocycles. The number of methoxy groups -OCH3 is 1. The summed E-state index contributed by atoms with van der Waals surface area (Å²) in [5.74, 6) is -2.55. The van der Waals surface area contributed by atoms with Crippen LogP contribution in [0.1, 0.15) is 30.9 Å². The van der Waals surface area contributed by atoms with Crippen molar-refractivity contribution in [2.45, 2.75) is 38.3 Å². The molecule has 10 nitrogen and oxygen atoms in total. The van der Waals surface area contributed by atoms with Gasteiger partial charge in [0, 0.05) is 36.0 Å². The molecule has 0 saturated carbocycles. The summed E-state index contributed by atoms with van der Waals surface area (Å²) in [6, 6.07) is 10.0. The Hall–Kier alpha value is -3.79. The Labute approximate surface area is 207 Å². The zero-order valence-electron chi connectivity index (χ0n) is 20.3. The van der Waals surface area contributed by atoms with Crippen LogP contribution in [-0.4, -0.2) is 53.8 Å². The molecule has 0 bridgehead atoms. The molecule has 2 aromatic rings. The van der Waals surface area contributed by atoms with E-state index in [0.717, 1.165) is 29.0 Å². The molecule has 186 valence electrons. The van der Waals surface area contributed by atoms with Gasteiger partial charge in [0.25, 0.3) is 5.91 Å². The Balaban J connectivity index is 1.55. The number of carbonyl (C=O) groups is 3. The van der Waals surface area contributed by atoms with Crippen molar-refractivity contribution < 1.29 is 24.0 Å². The van der Waals surface area contributed by atoms with Crippen molar-refractivity contribution >= 4 is 34.8 Å². The van der Waals surface area contributed by atoms with E-state index in [1.165, 1.54) is 19.2 Å². The topological polar surface area (TPSA) is 113 Å². The molecule has 4 heterocycles. The zero-order chi connectivity index (χ0) is 25.5. The molecule has 36 heavy (non-hydrogen) atoms. The number of anilines is 2. The second-order valence-corrected chi connectivity index (χ2v) is 9.82. The molecular formula is C26H26N4O6. The van der Waals surface area contributed by atoms with Crippen molar-refractivity contribution in [2.75, 3.05) is 30.0 Å². The minimum Gasteiger partial charge on any atom is -0.490 e. The van der Waals surface area contributed by atoms with Gasteiger partial charge in [-0.2, -0.15) is 0 Å². The summed E-state index contributed by atoms with van der Waals surface area (Å²) < 4.78 is 5.22. The van der Waals surface area contributed by atoms with Crippen molar-refractivity contribution in [1.29, 1.82) is 0 Å². The molecule has 0 aliphatic carbocycles. The van der Waals surface area contributed by atoms with E-state index < -0.39 is 28.2 Å². The van der Waals surface area contributed by atoms with Crippen LogP contribution in [-0.2, 0) is 19.9 Å². The second kappa shape index (κ2) is 7.60. The highest BCUT2D eigenvalue weighted by molar-refractivity contribution is 6.26. The summed E-state index contributed by atoms with van der Waals surface area (Å²) >= 11 is 0. The fraction of sp³-hybridized carbons (Fsp3) is 0.423. The monoisotopic (exact) mass is 490 g/mol. The summed E-state index contributed by atoms with van der Waals surface area (Å²) in [5, 5.41) is 11.5. The Morgan fingerprint density at radius 2 is 1.89 bits per heavy atom. The van der Waals surface area contributed by atoms with E-state index in [-0.39, 0.29) is 35.0 Å². The van der Waals surface area contributed by atoms with Gasteiger partial charge in [-0.05, 0) is 44.9 Å². The molecule has 3 fully saturated rings. The lowest BCUT2D eigenvalue weighted by atomic mass is 9.75. The molecule has 2 aromatic carbocycles. The number of hydrogen-bond acceptors (Lipinski definition) is 7. The number of rotatable bonds is 4. The van der Waals surface area contributed by atoms with Crippen LogP contribution < -0.4 is 14.5 Å². The fourth-order valence-corrected chi connectivity index (χ4v) is 7.10. The van der Waals surface area contributed by atoms with Crippen LogP contribution >= 0.6 is 0 Å². The molecule has 10 heteroatoms. The van der Waals surface area contributed by atoms with Gasteiger partial charge < -0.3 is 9.64 Å². The summed E-state index contributed by atoms with van der Waals surface area (Å²) in [6.45, 7) is 4.63. The van der Waals surface area contributed by atoms with Crippen LogP contribution in [0, 0.1) is 28.9 Å². The molecule has 0 N–H and O–H groups in total. The number of hydrogen-bond donors (Lipinski definition) is 0. The number of nitro benzene ring substituents is 1. The van der Waals surface area contributed by atoms with E-state index in [1.54, 1.807) is 11.8 Å². The number of fused-ring (bicyclic) bond motifs is 7. The molecule has 4 atom stereocenters. The maximum atomic E-state index is 14.2. The maximum absolute atomic E-state index is 14.2. The lowest BCUT2D eigenvalue weighted by molar-refractivity contribution is -0.385. The minimum absolute atomic E-state index is 0.0325. The van der Waals surface area contributed by atoms with Crippen LogP contribution in [0.3, 0.4) is 0 Å². The van der Waals surface area contributed by atoms with Gasteiger partial charge in [-0.15, -0.1) is 0 Å². The maximum Gasteiger partial charge on any atom is 0.311 e. The average molecular weight is 491 g/mol. The van der Waals surface area contributed by atoms with E-state index in [9.17, 15) is 24.5 Å².